The second-order valence-electron chi connectivity index (χ2n) is 3.56. The van der Waals surface area contributed by atoms with Crippen molar-refractivity contribution in [1.29, 1.82) is 0 Å². The number of hydrogen-bond acceptors (Lipinski definition) is 5. The molecule has 1 heterocycles. The zero-order chi connectivity index (χ0) is 11.4. The van der Waals surface area contributed by atoms with Crippen LogP contribution in [0.5, 0.6) is 0 Å². The summed E-state index contributed by atoms with van der Waals surface area (Å²) in [5.41, 5.74) is 5.66. The molecule has 0 aromatic heterocycles. The van der Waals surface area contributed by atoms with Gasteiger partial charge in [0.2, 0.25) is 5.91 Å². The monoisotopic (exact) mass is 216 g/mol. The van der Waals surface area contributed by atoms with Crippen LogP contribution in [0.15, 0.2) is 0 Å². The number of carbonyl (C=O) groups excluding carboxylic acids is 2. The maximum absolute atomic E-state index is 11.6. The first-order chi connectivity index (χ1) is 7.06. The van der Waals surface area contributed by atoms with Crippen molar-refractivity contribution >= 4 is 11.9 Å². The molecule has 1 rings (SSSR count). The summed E-state index contributed by atoms with van der Waals surface area (Å²) in [5.74, 6) is -1.12. The number of amides is 1. The van der Waals surface area contributed by atoms with E-state index in [1.165, 1.54) is 7.11 Å². The highest BCUT2D eigenvalue weighted by Gasteiger charge is 2.32. The Labute approximate surface area is 88.1 Å². The summed E-state index contributed by atoms with van der Waals surface area (Å²) in [6.07, 6.45) is 0. The van der Waals surface area contributed by atoms with Gasteiger partial charge >= 0.3 is 5.97 Å². The third-order valence-corrected chi connectivity index (χ3v) is 2.37. The van der Waals surface area contributed by atoms with Crippen molar-refractivity contribution in [3.63, 3.8) is 0 Å². The second kappa shape index (κ2) is 5.09. The lowest BCUT2D eigenvalue weighted by atomic mass is 10.0. The van der Waals surface area contributed by atoms with Crippen LogP contribution in [-0.4, -0.2) is 44.3 Å². The quantitative estimate of drug-likeness (QED) is 0.568. The molecule has 1 amide bonds. The smallest absolute Gasteiger partial charge is 0.328 e. The van der Waals surface area contributed by atoms with Gasteiger partial charge in [-0.2, -0.15) is 0 Å². The Hall–Kier alpha value is -1.14. The fraction of sp³-hybridized carbons (Fsp3) is 0.778. The standard InChI is InChI=1S/C9H16N2O4/c1-5(9(13)14-2)11-8(12)6-3-15-4-7(6)10/h5-7H,3-4,10H2,1-2H3,(H,11,12)/t5-,6?,7?/m0/s1. The SMILES string of the molecule is COC(=O)[C@H](C)NC(=O)C1COCC1N. The zero-order valence-electron chi connectivity index (χ0n) is 8.86. The summed E-state index contributed by atoms with van der Waals surface area (Å²) < 4.78 is 9.54. The molecule has 1 saturated heterocycles. The summed E-state index contributed by atoms with van der Waals surface area (Å²) in [6, 6.07) is -0.954. The summed E-state index contributed by atoms with van der Waals surface area (Å²) in [4.78, 5) is 22.7. The van der Waals surface area contributed by atoms with Crippen LogP contribution in [0, 0.1) is 5.92 Å². The molecule has 1 aliphatic rings. The predicted octanol–water partition coefficient (Wildman–Crippen LogP) is -1.36. The van der Waals surface area contributed by atoms with E-state index >= 15 is 0 Å². The van der Waals surface area contributed by atoms with Crippen molar-refractivity contribution in [2.24, 2.45) is 11.7 Å². The first-order valence-corrected chi connectivity index (χ1v) is 4.77. The van der Waals surface area contributed by atoms with Crippen LogP contribution >= 0.6 is 0 Å². The summed E-state index contributed by atoms with van der Waals surface area (Å²) in [5, 5.41) is 2.53. The fourth-order valence-corrected chi connectivity index (χ4v) is 1.40. The van der Waals surface area contributed by atoms with Gasteiger partial charge in [-0.15, -0.1) is 0 Å². The number of esters is 1. The Kier molecular flexibility index (Phi) is 4.05. The molecule has 6 nitrogen and oxygen atoms in total. The molecule has 1 aliphatic heterocycles. The molecule has 0 radical (unpaired) electrons. The Morgan fingerprint density at radius 3 is 2.67 bits per heavy atom. The van der Waals surface area contributed by atoms with Gasteiger partial charge in [0.25, 0.3) is 0 Å². The van der Waals surface area contributed by atoms with E-state index in [2.05, 4.69) is 10.1 Å². The summed E-state index contributed by atoms with van der Waals surface area (Å²) in [7, 11) is 1.27. The van der Waals surface area contributed by atoms with E-state index in [-0.39, 0.29) is 17.9 Å². The van der Waals surface area contributed by atoms with Crippen molar-refractivity contribution in [2.45, 2.75) is 19.0 Å². The highest BCUT2D eigenvalue weighted by molar-refractivity contribution is 5.86. The fourth-order valence-electron chi connectivity index (χ4n) is 1.40. The molecule has 86 valence electrons. The molecule has 3 N–H and O–H groups in total. The molecule has 3 atom stereocenters. The van der Waals surface area contributed by atoms with Crippen LogP contribution in [0.4, 0.5) is 0 Å². The van der Waals surface area contributed by atoms with Crippen LogP contribution in [0.25, 0.3) is 0 Å². The lowest BCUT2D eigenvalue weighted by Crippen LogP contribution is -2.46. The van der Waals surface area contributed by atoms with E-state index in [9.17, 15) is 9.59 Å². The number of ether oxygens (including phenoxy) is 2. The maximum atomic E-state index is 11.6. The lowest BCUT2D eigenvalue weighted by molar-refractivity contribution is -0.145. The average Bonchev–Trinajstić information content (AvgIpc) is 2.63. The molecule has 0 aromatic carbocycles. The van der Waals surface area contributed by atoms with Gasteiger partial charge in [0, 0.05) is 6.04 Å². The van der Waals surface area contributed by atoms with Crippen molar-refractivity contribution in [3.8, 4) is 0 Å². The maximum Gasteiger partial charge on any atom is 0.328 e. The first-order valence-electron chi connectivity index (χ1n) is 4.77. The van der Waals surface area contributed by atoms with E-state index in [1.54, 1.807) is 6.92 Å². The van der Waals surface area contributed by atoms with E-state index in [4.69, 9.17) is 10.5 Å². The van der Waals surface area contributed by atoms with Crippen LogP contribution in [-0.2, 0) is 19.1 Å². The molecule has 0 spiro atoms. The van der Waals surface area contributed by atoms with Gasteiger partial charge in [0.15, 0.2) is 0 Å². The van der Waals surface area contributed by atoms with Gasteiger partial charge in [-0.3, -0.25) is 4.79 Å². The van der Waals surface area contributed by atoms with Crippen LogP contribution in [0.2, 0.25) is 0 Å². The van der Waals surface area contributed by atoms with Crippen molar-refractivity contribution in [3.05, 3.63) is 0 Å². The number of nitrogens with one attached hydrogen (secondary N) is 1. The van der Waals surface area contributed by atoms with Gasteiger partial charge in [-0.05, 0) is 6.92 Å². The number of rotatable bonds is 3. The zero-order valence-corrected chi connectivity index (χ0v) is 8.86. The first kappa shape index (κ1) is 11.9. The molecule has 15 heavy (non-hydrogen) atoms. The van der Waals surface area contributed by atoms with E-state index < -0.39 is 12.0 Å². The molecular formula is C9H16N2O4. The Bertz CT molecular complexity index is 256. The minimum atomic E-state index is -0.657. The summed E-state index contributed by atoms with van der Waals surface area (Å²) >= 11 is 0. The van der Waals surface area contributed by atoms with Gasteiger partial charge in [-0.1, -0.05) is 0 Å². The van der Waals surface area contributed by atoms with Gasteiger partial charge < -0.3 is 20.5 Å². The van der Waals surface area contributed by atoms with Crippen LogP contribution in [0.1, 0.15) is 6.92 Å². The number of carbonyl (C=O) groups is 2. The van der Waals surface area contributed by atoms with Crippen LogP contribution < -0.4 is 11.1 Å². The average molecular weight is 216 g/mol. The Morgan fingerprint density at radius 1 is 1.53 bits per heavy atom. The highest BCUT2D eigenvalue weighted by Crippen LogP contribution is 2.11. The van der Waals surface area contributed by atoms with E-state index in [0.717, 1.165) is 0 Å². The van der Waals surface area contributed by atoms with Crippen molar-refractivity contribution in [1.82, 2.24) is 5.32 Å². The van der Waals surface area contributed by atoms with E-state index in [1.807, 2.05) is 0 Å². The van der Waals surface area contributed by atoms with E-state index in [0.29, 0.717) is 13.2 Å². The Balaban J connectivity index is 2.44. The lowest BCUT2D eigenvalue weighted by Gasteiger charge is -2.16. The molecule has 2 unspecified atom stereocenters. The Morgan fingerprint density at radius 2 is 2.20 bits per heavy atom. The minimum absolute atomic E-state index is 0.266. The highest BCUT2D eigenvalue weighted by atomic mass is 16.5. The minimum Gasteiger partial charge on any atom is -0.467 e. The van der Waals surface area contributed by atoms with Crippen molar-refractivity contribution in [2.75, 3.05) is 20.3 Å². The number of methoxy groups -OCH3 is 1. The largest absolute Gasteiger partial charge is 0.467 e. The molecule has 6 heteroatoms. The van der Waals surface area contributed by atoms with Gasteiger partial charge in [0.05, 0.1) is 26.2 Å². The number of nitrogens with two attached hydrogens (primary N) is 1. The van der Waals surface area contributed by atoms with Crippen molar-refractivity contribution < 1.29 is 19.1 Å². The van der Waals surface area contributed by atoms with Gasteiger partial charge in [-0.25, -0.2) is 4.79 Å². The molecular weight excluding hydrogens is 200 g/mol. The predicted molar refractivity (Wildman–Crippen MR) is 51.9 cm³/mol. The molecule has 0 aliphatic carbocycles. The molecule has 0 saturated carbocycles. The summed E-state index contributed by atoms with van der Waals surface area (Å²) in [6.45, 7) is 2.25. The molecule has 1 fully saturated rings. The molecule has 0 bridgehead atoms. The molecule has 0 aromatic rings. The van der Waals surface area contributed by atoms with Gasteiger partial charge in [0.1, 0.15) is 6.04 Å². The second-order valence-corrected chi connectivity index (χ2v) is 3.56. The normalized spacial score (nSPS) is 27.1. The van der Waals surface area contributed by atoms with Crippen LogP contribution in [0.3, 0.4) is 0 Å². The topological polar surface area (TPSA) is 90.6 Å². The number of hydrogen-bond donors (Lipinski definition) is 2. The third kappa shape index (κ3) is 2.90. The third-order valence-electron chi connectivity index (χ3n) is 2.37.